The highest BCUT2D eigenvalue weighted by atomic mass is 16.5. The minimum Gasteiger partial charge on any atom is -0.352 e. The van der Waals surface area contributed by atoms with Gasteiger partial charge in [0.1, 0.15) is 12.1 Å². The van der Waals surface area contributed by atoms with Gasteiger partial charge in [0.2, 0.25) is 11.5 Å². The molecule has 0 amide bonds. The molecule has 0 aliphatic rings. The van der Waals surface area contributed by atoms with Crippen molar-refractivity contribution in [3.63, 3.8) is 0 Å². The van der Waals surface area contributed by atoms with E-state index in [1.54, 1.807) is 12.1 Å². The maximum atomic E-state index is 11.3. The van der Waals surface area contributed by atoms with E-state index in [9.17, 15) is 4.79 Å². The molecule has 4 nitrogen and oxygen atoms in total. The number of hydrogen-bond donors (Lipinski definition) is 0. The number of carbonyl (C=O) groups is 1. The highest BCUT2D eigenvalue weighted by Crippen LogP contribution is 2.19. The first-order valence-electron chi connectivity index (χ1n) is 4.73. The molecular weight excluding hydrogens is 204 g/mol. The molecule has 0 aliphatic heterocycles. The van der Waals surface area contributed by atoms with E-state index in [4.69, 9.17) is 9.78 Å². The van der Waals surface area contributed by atoms with E-state index < -0.39 is 0 Å². The SMILES string of the molecule is N#CCC(=O)c1cc(-c2ccccc2)no1. The number of hydrogen-bond acceptors (Lipinski definition) is 4. The Bertz CT molecular complexity index is 538. The van der Waals surface area contributed by atoms with Crippen LogP contribution in [0.3, 0.4) is 0 Å². The first-order valence-corrected chi connectivity index (χ1v) is 4.73. The molecule has 0 unspecified atom stereocenters. The van der Waals surface area contributed by atoms with E-state index >= 15 is 0 Å². The molecule has 0 radical (unpaired) electrons. The summed E-state index contributed by atoms with van der Waals surface area (Å²) in [6.45, 7) is 0. The summed E-state index contributed by atoms with van der Waals surface area (Å²) in [6, 6.07) is 12.7. The van der Waals surface area contributed by atoms with Crippen LogP contribution < -0.4 is 0 Å². The van der Waals surface area contributed by atoms with Crippen molar-refractivity contribution in [2.45, 2.75) is 6.42 Å². The van der Waals surface area contributed by atoms with Gasteiger partial charge in [-0.1, -0.05) is 35.5 Å². The Morgan fingerprint density at radius 1 is 1.38 bits per heavy atom. The first-order chi connectivity index (χ1) is 7.81. The first kappa shape index (κ1) is 10.1. The maximum Gasteiger partial charge on any atom is 0.214 e. The van der Waals surface area contributed by atoms with E-state index in [0.29, 0.717) is 5.69 Å². The molecule has 4 heteroatoms. The second-order valence-electron chi connectivity index (χ2n) is 3.20. The Morgan fingerprint density at radius 3 is 2.81 bits per heavy atom. The molecule has 1 aromatic carbocycles. The van der Waals surface area contributed by atoms with E-state index in [2.05, 4.69) is 5.16 Å². The van der Waals surface area contributed by atoms with Crippen LogP contribution in [0, 0.1) is 11.3 Å². The van der Waals surface area contributed by atoms with Gasteiger partial charge in [-0.3, -0.25) is 4.79 Å². The van der Waals surface area contributed by atoms with E-state index in [0.717, 1.165) is 5.56 Å². The topological polar surface area (TPSA) is 66.9 Å². The fourth-order valence-corrected chi connectivity index (χ4v) is 1.31. The standard InChI is InChI=1S/C12H8N2O2/c13-7-6-11(15)12-8-10(14-16-12)9-4-2-1-3-5-9/h1-5,8H,6H2. The number of aromatic nitrogens is 1. The Labute approximate surface area is 92.1 Å². The van der Waals surface area contributed by atoms with Crippen LogP contribution in [0.15, 0.2) is 40.9 Å². The molecular formula is C12H8N2O2. The Kier molecular flexibility index (Phi) is 2.79. The second kappa shape index (κ2) is 4.41. The molecule has 0 saturated heterocycles. The zero-order valence-electron chi connectivity index (χ0n) is 8.38. The summed E-state index contributed by atoms with van der Waals surface area (Å²) in [6.07, 6.45) is -0.191. The van der Waals surface area contributed by atoms with Crippen molar-refractivity contribution in [2.75, 3.05) is 0 Å². The third kappa shape index (κ3) is 1.98. The lowest BCUT2D eigenvalue weighted by atomic mass is 10.1. The van der Waals surface area contributed by atoms with Gasteiger partial charge in [0, 0.05) is 11.6 Å². The lowest BCUT2D eigenvalue weighted by Gasteiger charge is -1.91. The van der Waals surface area contributed by atoms with Crippen molar-refractivity contribution in [2.24, 2.45) is 0 Å². The summed E-state index contributed by atoms with van der Waals surface area (Å²) >= 11 is 0. The molecule has 0 atom stereocenters. The van der Waals surface area contributed by atoms with Crippen molar-refractivity contribution in [3.8, 4) is 17.3 Å². The Morgan fingerprint density at radius 2 is 2.12 bits per heavy atom. The van der Waals surface area contributed by atoms with Crippen LogP contribution in [-0.2, 0) is 0 Å². The van der Waals surface area contributed by atoms with Gasteiger partial charge in [0.15, 0.2) is 0 Å². The summed E-state index contributed by atoms with van der Waals surface area (Å²) < 4.78 is 4.88. The number of rotatable bonds is 3. The van der Waals surface area contributed by atoms with Gasteiger partial charge in [-0.15, -0.1) is 0 Å². The van der Waals surface area contributed by atoms with E-state index in [1.807, 2.05) is 30.3 Å². The third-order valence-corrected chi connectivity index (χ3v) is 2.09. The molecule has 2 aromatic rings. The Hall–Kier alpha value is -2.41. The van der Waals surface area contributed by atoms with Gasteiger partial charge in [-0.25, -0.2) is 0 Å². The summed E-state index contributed by atoms with van der Waals surface area (Å²) in [5.41, 5.74) is 1.48. The van der Waals surface area contributed by atoms with Gasteiger partial charge in [-0.2, -0.15) is 5.26 Å². The van der Waals surface area contributed by atoms with Gasteiger partial charge in [0.05, 0.1) is 6.07 Å². The van der Waals surface area contributed by atoms with Crippen LogP contribution in [0.2, 0.25) is 0 Å². The molecule has 0 bridgehead atoms. The molecule has 78 valence electrons. The number of benzene rings is 1. The van der Waals surface area contributed by atoms with Crippen molar-refractivity contribution >= 4 is 5.78 Å². The second-order valence-corrected chi connectivity index (χ2v) is 3.20. The van der Waals surface area contributed by atoms with Crippen LogP contribution in [0.4, 0.5) is 0 Å². The lowest BCUT2D eigenvalue weighted by molar-refractivity contribution is 0.0962. The van der Waals surface area contributed by atoms with Crippen LogP contribution in [0.5, 0.6) is 0 Å². The normalized spacial score (nSPS) is 9.69. The average Bonchev–Trinajstić information content (AvgIpc) is 2.80. The average molecular weight is 212 g/mol. The fraction of sp³-hybridized carbons (Fsp3) is 0.0833. The number of ketones is 1. The minimum atomic E-state index is -0.350. The zero-order valence-corrected chi connectivity index (χ0v) is 8.38. The van der Waals surface area contributed by atoms with Gasteiger partial charge < -0.3 is 4.52 Å². The lowest BCUT2D eigenvalue weighted by Crippen LogP contribution is -1.93. The smallest absolute Gasteiger partial charge is 0.214 e. The molecule has 1 aromatic heterocycles. The monoisotopic (exact) mass is 212 g/mol. The summed E-state index contributed by atoms with van der Waals surface area (Å²) in [5.74, 6) is -0.224. The molecule has 0 N–H and O–H groups in total. The van der Waals surface area contributed by atoms with Crippen LogP contribution in [0.1, 0.15) is 17.0 Å². The Balaban J connectivity index is 2.27. The highest BCUT2D eigenvalue weighted by molar-refractivity contribution is 5.95. The van der Waals surface area contributed by atoms with Gasteiger partial charge in [0.25, 0.3) is 0 Å². The minimum absolute atomic E-state index is 0.125. The van der Waals surface area contributed by atoms with Gasteiger partial charge in [-0.05, 0) is 0 Å². The van der Waals surface area contributed by atoms with Gasteiger partial charge >= 0.3 is 0 Å². The molecule has 16 heavy (non-hydrogen) atoms. The van der Waals surface area contributed by atoms with Crippen LogP contribution in [-0.4, -0.2) is 10.9 Å². The molecule has 2 rings (SSSR count). The maximum absolute atomic E-state index is 11.3. The fourth-order valence-electron chi connectivity index (χ4n) is 1.31. The molecule has 1 heterocycles. The number of carbonyl (C=O) groups excluding carboxylic acids is 1. The van der Waals surface area contributed by atoms with Crippen molar-refractivity contribution in [1.82, 2.24) is 5.16 Å². The number of nitrogens with zero attached hydrogens (tertiary/aromatic N) is 2. The van der Waals surface area contributed by atoms with Crippen LogP contribution >= 0.6 is 0 Å². The van der Waals surface area contributed by atoms with Crippen molar-refractivity contribution in [1.29, 1.82) is 5.26 Å². The molecule has 0 saturated carbocycles. The largest absolute Gasteiger partial charge is 0.352 e. The third-order valence-electron chi connectivity index (χ3n) is 2.09. The predicted octanol–water partition coefficient (Wildman–Crippen LogP) is 2.44. The predicted molar refractivity (Wildman–Crippen MR) is 56.5 cm³/mol. The summed E-state index contributed by atoms with van der Waals surface area (Å²) in [7, 11) is 0. The highest BCUT2D eigenvalue weighted by Gasteiger charge is 2.13. The molecule has 0 fully saturated rings. The zero-order chi connectivity index (χ0) is 11.4. The van der Waals surface area contributed by atoms with E-state index in [1.165, 1.54) is 0 Å². The number of nitriles is 1. The summed E-state index contributed by atoms with van der Waals surface area (Å²) in [5, 5.41) is 12.2. The summed E-state index contributed by atoms with van der Waals surface area (Å²) in [4.78, 5) is 11.3. The molecule has 0 aliphatic carbocycles. The van der Waals surface area contributed by atoms with Crippen molar-refractivity contribution in [3.05, 3.63) is 42.2 Å². The van der Waals surface area contributed by atoms with Crippen LogP contribution in [0.25, 0.3) is 11.3 Å². The van der Waals surface area contributed by atoms with E-state index in [-0.39, 0.29) is 18.0 Å². The number of Topliss-reactive ketones (excluding diaryl/α,β-unsaturated/α-hetero) is 1. The van der Waals surface area contributed by atoms with Crippen molar-refractivity contribution < 1.29 is 9.32 Å². The molecule has 0 spiro atoms. The quantitative estimate of drug-likeness (QED) is 0.733.